The summed E-state index contributed by atoms with van der Waals surface area (Å²) < 4.78 is 18.5. The maximum atomic E-state index is 13.7. The fraction of sp³-hybridized carbons (Fsp3) is 0.294. The van der Waals surface area contributed by atoms with Gasteiger partial charge in [-0.15, -0.1) is 0 Å². The largest absolute Gasteiger partial charge is 0.465 e. The Balaban J connectivity index is 1.92. The van der Waals surface area contributed by atoms with Crippen LogP contribution < -0.4 is 15.8 Å². The number of hydrogen-bond acceptors (Lipinski definition) is 6. The average molecular weight is 330 g/mol. The molecule has 2 aromatic rings. The zero-order chi connectivity index (χ0) is 17.1. The normalized spacial score (nSPS) is 16.0. The first kappa shape index (κ1) is 16.2. The number of pyridine rings is 1. The quantitative estimate of drug-likeness (QED) is 0.822. The molecule has 1 atom stereocenters. The average Bonchev–Trinajstić information content (AvgIpc) is 2.92. The molecule has 1 aromatic heterocycles. The Morgan fingerprint density at radius 2 is 2.29 bits per heavy atom. The second-order valence-corrected chi connectivity index (χ2v) is 5.47. The molecule has 2 heterocycles. The van der Waals surface area contributed by atoms with Crippen molar-refractivity contribution in [3.8, 4) is 0 Å². The Kier molecular flexibility index (Phi) is 4.61. The molecule has 1 unspecified atom stereocenters. The van der Waals surface area contributed by atoms with E-state index in [9.17, 15) is 9.18 Å². The summed E-state index contributed by atoms with van der Waals surface area (Å²) >= 11 is 0. The van der Waals surface area contributed by atoms with E-state index in [4.69, 9.17) is 4.74 Å². The van der Waals surface area contributed by atoms with Gasteiger partial charge in [-0.1, -0.05) is 6.92 Å². The third-order valence-electron chi connectivity index (χ3n) is 3.85. The fourth-order valence-corrected chi connectivity index (χ4v) is 2.77. The van der Waals surface area contributed by atoms with E-state index in [1.165, 1.54) is 25.4 Å². The van der Waals surface area contributed by atoms with E-state index in [1.807, 2.05) is 5.01 Å². The minimum atomic E-state index is -0.456. The van der Waals surface area contributed by atoms with Crippen molar-refractivity contribution in [3.63, 3.8) is 0 Å². The third-order valence-corrected chi connectivity index (χ3v) is 3.85. The van der Waals surface area contributed by atoms with Crippen LogP contribution in [-0.4, -0.2) is 24.6 Å². The van der Waals surface area contributed by atoms with Crippen molar-refractivity contribution in [2.24, 2.45) is 0 Å². The lowest BCUT2D eigenvalue weighted by molar-refractivity contribution is 0.0601. The van der Waals surface area contributed by atoms with Crippen LogP contribution in [0.15, 0.2) is 36.7 Å². The number of ether oxygens (including phenoxy) is 1. The molecular formula is C17H19FN4O2. The molecule has 1 aliphatic rings. The zero-order valence-corrected chi connectivity index (χ0v) is 13.5. The van der Waals surface area contributed by atoms with Crippen LogP contribution in [0, 0.1) is 5.82 Å². The predicted octanol–water partition coefficient (Wildman–Crippen LogP) is 2.85. The number of carbonyl (C=O) groups excluding carboxylic acids is 1. The minimum absolute atomic E-state index is 0.305. The molecule has 24 heavy (non-hydrogen) atoms. The molecule has 0 amide bonds. The molecule has 6 nitrogen and oxygen atoms in total. The van der Waals surface area contributed by atoms with Crippen LogP contribution in [0.1, 0.15) is 35.4 Å². The van der Waals surface area contributed by atoms with Crippen molar-refractivity contribution in [1.82, 2.24) is 10.4 Å². The molecule has 0 fully saturated rings. The van der Waals surface area contributed by atoms with Crippen LogP contribution in [0.2, 0.25) is 0 Å². The number of aromatic nitrogens is 1. The molecule has 0 spiro atoms. The van der Waals surface area contributed by atoms with Gasteiger partial charge in [0.2, 0.25) is 0 Å². The van der Waals surface area contributed by atoms with Crippen LogP contribution in [0.4, 0.5) is 15.8 Å². The van der Waals surface area contributed by atoms with E-state index in [0.29, 0.717) is 11.3 Å². The number of fused-ring (bicyclic) bond motifs is 1. The Morgan fingerprint density at radius 1 is 1.46 bits per heavy atom. The maximum Gasteiger partial charge on any atom is 0.340 e. The van der Waals surface area contributed by atoms with Gasteiger partial charge in [0.05, 0.1) is 30.2 Å². The minimum Gasteiger partial charge on any atom is -0.465 e. The second-order valence-electron chi connectivity index (χ2n) is 5.47. The van der Waals surface area contributed by atoms with E-state index in [0.717, 1.165) is 24.2 Å². The van der Waals surface area contributed by atoms with E-state index in [2.05, 4.69) is 22.7 Å². The van der Waals surface area contributed by atoms with Crippen molar-refractivity contribution < 1.29 is 13.9 Å². The fourth-order valence-electron chi connectivity index (χ4n) is 2.77. The monoisotopic (exact) mass is 330 g/mol. The first-order valence-electron chi connectivity index (χ1n) is 7.76. The van der Waals surface area contributed by atoms with Gasteiger partial charge in [-0.3, -0.25) is 4.98 Å². The highest BCUT2D eigenvalue weighted by atomic mass is 19.1. The van der Waals surface area contributed by atoms with Gasteiger partial charge in [-0.25, -0.2) is 14.6 Å². The lowest BCUT2D eigenvalue weighted by Crippen LogP contribution is -2.37. The highest BCUT2D eigenvalue weighted by molar-refractivity contribution is 5.95. The lowest BCUT2D eigenvalue weighted by Gasteiger charge is -2.21. The molecule has 7 heteroatoms. The standard InChI is InChI=1S/C17H19FN4O2/c1-3-8-22-15-5-4-11(18)9-13(15)16(21-22)20-14-10-19-7-6-12(14)17(23)24-2/h4-7,9-10,16,20-21H,3,8H2,1-2H3. The smallest absolute Gasteiger partial charge is 0.340 e. The summed E-state index contributed by atoms with van der Waals surface area (Å²) in [6.45, 7) is 2.86. The number of hydrogen-bond donors (Lipinski definition) is 2. The van der Waals surface area contributed by atoms with E-state index in [1.54, 1.807) is 18.3 Å². The summed E-state index contributed by atoms with van der Waals surface area (Å²) in [5, 5.41) is 5.19. The van der Waals surface area contributed by atoms with Gasteiger partial charge >= 0.3 is 5.97 Å². The second kappa shape index (κ2) is 6.84. The molecule has 126 valence electrons. The van der Waals surface area contributed by atoms with Gasteiger partial charge in [0.1, 0.15) is 12.0 Å². The predicted molar refractivity (Wildman–Crippen MR) is 89.1 cm³/mol. The summed E-state index contributed by atoms with van der Waals surface area (Å²) in [7, 11) is 1.33. The summed E-state index contributed by atoms with van der Waals surface area (Å²) in [6, 6.07) is 6.26. The Morgan fingerprint density at radius 3 is 3.04 bits per heavy atom. The van der Waals surface area contributed by atoms with Crippen LogP contribution in [0.3, 0.4) is 0 Å². The van der Waals surface area contributed by atoms with Crippen molar-refractivity contribution in [2.75, 3.05) is 24.0 Å². The first-order valence-corrected chi connectivity index (χ1v) is 7.76. The molecule has 2 N–H and O–H groups in total. The van der Waals surface area contributed by atoms with Crippen LogP contribution in [0.25, 0.3) is 0 Å². The number of benzene rings is 1. The number of nitrogens with one attached hydrogen (secondary N) is 2. The summed E-state index contributed by atoms with van der Waals surface area (Å²) in [4.78, 5) is 15.9. The van der Waals surface area contributed by atoms with E-state index < -0.39 is 5.97 Å². The summed E-state index contributed by atoms with van der Waals surface area (Å²) in [6.07, 6.45) is 3.65. The van der Waals surface area contributed by atoms with Crippen molar-refractivity contribution in [1.29, 1.82) is 0 Å². The Bertz CT molecular complexity index is 753. The molecule has 1 aliphatic heterocycles. The first-order chi connectivity index (χ1) is 11.6. The van der Waals surface area contributed by atoms with Gasteiger partial charge < -0.3 is 15.1 Å². The molecule has 0 saturated heterocycles. The highest BCUT2D eigenvalue weighted by Crippen LogP contribution is 2.34. The molecule has 0 radical (unpaired) electrons. The van der Waals surface area contributed by atoms with Crippen LogP contribution in [-0.2, 0) is 4.74 Å². The molecular weight excluding hydrogens is 311 g/mol. The maximum absolute atomic E-state index is 13.7. The van der Waals surface area contributed by atoms with E-state index >= 15 is 0 Å². The Hall–Kier alpha value is -2.67. The Labute approximate surface area is 139 Å². The van der Waals surface area contributed by atoms with Gasteiger partial charge in [0, 0.05) is 18.3 Å². The lowest BCUT2D eigenvalue weighted by atomic mass is 10.1. The number of anilines is 2. The summed E-state index contributed by atoms with van der Waals surface area (Å²) in [5.74, 6) is -0.761. The van der Waals surface area contributed by atoms with Crippen LogP contribution >= 0.6 is 0 Å². The SMILES string of the molecule is CCCN1NC(Nc2cnccc2C(=O)OC)c2cc(F)ccc21. The van der Waals surface area contributed by atoms with Crippen LogP contribution in [0.5, 0.6) is 0 Å². The number of rotatable bonds is 5. The third kappa shape index (κ3) is 3.03. The van der Waals surface area contributed by atoms with Gasteiger partial charge in [0.15, 0.2) is 0 Å². The van der Waals surface area contributed by atoms with Gasteiger partial charge in [0.25, 0.3) is 0 Å². The van der Waals surface area contributed by atoms with Crippen molar-refractivity contribution in [2.45, 2.75) is 19.5 Å². The number of carbonyl (C=O) groups is 1. The molecule has 0 bridgehead atoms. The van der Waals surface area contributed by atoms with Crippen molar-refractivity contribution in [3.05, 3.63) is 53.6 Å². The van der Waals surface area contributed by atoms with Crippen molar-refractivity contribution >= 4 is 17.3 Å². The number of methoxy groups -OCH3 is 1. The van der Waals surface area contributed by atoms with Gasteiger partial charge in [-0.2, -0.15) is 0 Å². The van der Waals surface area contributed by atoms with E-state index in [-0.39, 0.29) is 12.0 Å². The van der Waals surface area contributed by atoms with Gasteiger partial charge in [-0.05, 0) is 30.7 Å². The topological polar surface area (TPSA) is 66.5 Å². The molecule has 0 saturated carbocycles. The highest BCUT2D eigenvalue weighted by Gasteiger charge is 2.29. The molecule has 3 rings (SSSR count). The molecule has 0 aliphatic carbocycles. The molecule has 1 aromatic carbocycles. The summed E-state index contributed by atoms with van der Waals surface area (Å²) in [5.41, 5.74) is 5.89. The number of nitrogens with zero attached hydrogens (tertiary/aromatic N) is 2. The number of esters is 1. The number of hydrazine groups is 1. The number of halogens is 1. The zero-order valence-electron chi connectivity index (χ0n) is 13.5.